The molecule has 0 unspecified atom stereocenters. The SMILES string of the molecule is O=C(NCCNc1cc(N2CCCC2)ncn1)Nc1ccc(OC(F)(F)F)cc1. The molecule has 0 saturated carbocycles. The predicted molar refractivity (Wildman–Crippen MR) is 102 cm³/mol. The van der Waals surface area contributed by atoms with Crippen LogP contribution in [0.25, 0.3) is 0 Å². The van der Waals surface area contributed by atoms with Gasteiger partial charge in [0.1, 0.15) is 23.7 Å². The summed E-state index contributed by atoms with van der Waals surface area (Å²) in [6.45, 7) is 2.75. The first kappa shape index (κ1) is 20.5. The lowest BCUT2D eigenvalue weighted by molar-refractivity contribution is -0.274. The van der Waals surface area contributed by atoms with Gasteiger partial charge in [-0.15, -0.1) is 13.2 Å². The fraction of sp³-hybridized carbons (Fsp3) is 0.389. The van der Waals surface area contributed by atoms with Crippen molar-refractivity contribution in [3.8, 4) is 5.75 Å². The summed E-state index contributed by atoms with van der Waals surface area (Å²) < 4.78 is 40.2. The lowest BCUT2D eigenvalue weighted by Gasteiger charge is -2.16. The van der Waals surface area contributed by atoms with Crippen molar-refractivity contribution in [2.75, 3.05) is 41.7 Å². The van der Waals surface area contributed by atoms with Crippen molar-refractivity contribution >= 4 is 23.4 Å². The van der Waals surface area contributed by atoms with E-state index in [0.717, 1.165) is 43.9 Å². The van der Waals surface area contributed by atoms with E-state index in [1.807, 2.05) is 6.07 Å². The van der Waals surface area contributed by atoms with Crippen molar-refractivity contribution in [1.29, 1.82) is 0 Å². The number of hydrogen-bond donors (Lipinski definition) is 3. The van der Waals surface area contributed by atoms with E-state index in [4.69, 9.17) is 0 Å². The van der Waals surface area contributed by atoms with E-state index >= 15 is 0 Å². The number of benzene rings is 1. The molecule has 1 aliphatic heterocycles. The van der Waals surface area contributed by atoms with E-state index in [0.29, 0.717) is 24.6 Å². The van der Waals surface area contributed by atoms with E-state index in [-0.39, 0.29) is 5.75 Å². The van der Waals surface area contributed by atoms with Gasteiger partial charge in [0.25, 0.3) is 0 Å². The fourth-order valence-electron chi connectivity index (χ4n) is 2.84. The van der Waals surface area contributed by atoms with E-state index in [1.165, 1.54) is 18.5 Å². The molecule has 0 bridgehead atoms. The van der Waals surface area contributed by atoms with Crippen LogP contribution in [0, 0.1) is 0 Å². The number of alkyl halides is 3. The van der Waals surface area contributed by atoms with Crippen LogP contribution in [-0.4, -0.2) is 48.5 Å². The topological polar surface area (TPSA) is 91.4 Å². The molecule has 1 aromatic carbocycles. The molecule has 29 heavy (non-hydrogen) atoms. The Hall–Kier alpha value is -3.24. The molecule has 8 nitrogen and oxygen atoms in total. The van der Waals surface area contributed by atoms with E-state index < -0.39 is 12.4 Å². The number of nitrogens with one attached hydrogen (secondary N) is 3. The zero-order valence-corrected chi connectivity index (χ0v) is 15.5. The zero-order valence-electron chi connectivity index (χ0n) is 15.5. The van der Waals surface area contributed by atoms with Crippen molar-refractivity contribution in [2.24, 2.45) is 0 Å². The number of carbonyl (C=O) groups is 1. The molecule has 156 valence electrons. The third kappa shape index (κ3) is 6.70. The molecule has 1 aromatic heterocycles. The zero-order chi connectivity index (χ0) is 20.7. The normalized spacial score (nSPS) is 13.8. The van der Waals surface area contributed by atoms with Gasteiger partial charge < -0.3 is 25.6 Å². The number of carbonyl (C=O) groups excluding carboxylic acids is 1. The molecule has 3 N–H and O–H groups in total. The lowest BCUT2D eigenvalue weighted by Crippen LogP contribution is -2.32. The van der Waals surface area contributed by atoms with Gasteiger partial charge in [0.05, 0.1) is 0 Å². The van der Waals surface area contributed by atoms with Crippen LogP contribution in [0.15, 0.2) is 36.7 Å². The number of aromatic nitrogens is 2. The third-order valence-electron chi connectivity index (χ3n) is 4.15. The Labute approximate surface area is 165 Å². The van der Waals surface area contributed by atoms with Gasteiger partial charge in [-0.3, -0.25) is 0 Å². The number of anilines is 3. The highest BCUT2D eigenvalue weighted by Gasteiger charge is 2.30. The number of urea groups is 1. The van der Waals surface area contributed by atoms with Gasteiger partial charge in [-0.25, -0.2) is 14.8 Å². The molecule has 1 saturated heterocycles. The summed E-state index contributed by atoms with van der Waals surface area (Å²) in [5.74, 6) is 1.19. The summed E-state index contributed by atoms with van der Waals surface area (Å²) >= 11 is 0. The molecule has 2 heterocycles. The lowest BCUT2D eigenvalue weighted by atomic mass is 10.3. The van der Waals surface area contributed by atoms with Gasteiger partial charge in [-0.05, 0) is 37.1 Å². The van der Waals surface area contributed by atoms with Crippen molar-refractivity contribution in [3.63, 3.8) is 0 Å². The van der Waals surface area contributed by atoms with Gasteiger partial charge in [-0.1, -0.05) is 0 Å². The molecule has 1 aliphatic rings. The van der Waals surface area contributed by atoms with Crippen molar-refractivity contribution in [1.82, 2.24) is 15.3 Å². The Balaban J connectivity index is 1.38. The first-order chi connectivity index (χ1) is 13.9. The van der Waals surface area contributed by atoms with Gasteiger partial charge >= 0.3 is 12.4 Å². The second kappa shape index (κ2) is 9.30. The van der Waals surface area contributed by atoms with Crippen LogP contribution < -0.4 is 25.6 Å². The highest BCUT2D eigenvalue weighted by molar-refractivity contribution is 5.89. The summed E-state index contributed by atoms with van der Waals surface area (Å²) in [5.41, 5.74) is 0.344. The van der Waals surface area contributed by atoms with Crippen LogP contribution in [0.4, 0.5) is 35.3 Å². The van der Waals surface area contributed by atoms with Gasteiger partial charge in [0, 0.05) is 37.9 Å². The van der Waals surface area contributed by atoms with E-state index in [1.54, 1.807) is 0 Å². The maximum Gasteiger partial charge on any atom is 0.573 e. The fourth-order valence-corrected chi connectivity index (χ4v) is 2.84. The van der Waals surface area contributed by atoms with Crippen LogP contribution in [0.1, 0.15) is 12.8 Å². The van der Waals surface area contributed by atoms with Gasteiger partial charge in [0.15, 0.2) is 0 Å². The number of nitrogens with zero attached hydrogens (tertiary/aromatic N) is 3. The first-order valence-corrected chi connectivity index (χ1v) is 9.10. The average molecular weight is 410 g/mol. The van der Waals surface area contributed by atoms with Crippen molar-refractivity contribution < 1.29 is 22.7 Å². The van der Waals surface area contributed by atoms with Gasteiger partial charge in [0.2, 0.25) is 0 Å². The summed E-state index contributed by atoms with van der Waals surface area (Å²) in [6.07, 6.45) is -0.936. The number of halogens is 3. The molecular formula is C18H21F3N6O2. The molecular weight excluding hydrogens is 389 g/mol. The molecule has 2 aromatic rings. The standard InChI is InChI=1S/C18H21F3N6O2/c19-18(20,21)29-14-5-3-13(4-6-14)26-17(28)23-8-7-22-15-11-16(25-12-24-15)27-9-1-2-10-27/h3-6,11-12H,1-2,7-10H2,(H,22,24,25)(H2,23,26,28). The Morgan fingerprint density at radius 2 is 1.83 bits per heavy atom. The van der Waals surface area contributed by atoms with Crippen LogP contribution >= 0.6 is 0 Å². The quantitative estimate of drug-likeness (QED) is 0.608. The second-order valence-corrected chi connectivity index (χ2v) is 6.34. The molecule has 2 amide bonds. The smallest absolute Gasteiger partial charge is 0.406 e. The van der Waals surface area contributed by atoms with E-state index in [2.05, 4.69) is 35.6 Å². The largest absolute Gasteiger partial charge is 0.573 e. The molecule has 0 radical (unpaired) electrons. The Morgan fingerprint density at radius 1 is 1.10 bits per heavy atom. The molecule has 3 rings (SSSR count). The Kier molecular flexibility index (Phi) is 6.57. The van der Waals surface area contributed by atoms with Crippen LogP contribution in [-0.2, 0) is 0 Å². The molecule has 0 aliphatic carbocycles. The molecule has 1 fully saturated rings. The Bertz CT molecular complexity index is 810. The monoisotopic (exact) mass is 410 g/mol. The highest BCUT2D eigenvalue weighted by Crippen LogP contribution is 2.24. The average Bonchev–Trinajstić information content (AvgIpc) is 3.21. The summed E-state index contributed by atoms with van der Waals surface area (Å²) in [7, 11) is 0. The predicted octanol–water partition coefficient (Wildman–Crippen LogP) is 3.21. The highest BCUT2D eigenvalue weighted by atomic mass is 19.4. The number of rotatable bonds is 7. The molecule has 0 atom stereocenters. The van der Waals surface area contributed by atoms with Gasteiger partial charge in [-0.2, -0.15) is 0 Å². The first-order valence-electron chi connectivity index (χ1n) is 9.10. The van der Waals surface area contributed by atoms with Crippen LogP contribution in [0.3, 0.4) is 0 Å². The van der Waals surface area contributed by atoms with Crippen molar-refractivity contribution in [2.45, 2.75) is 19.2 Å². The maximum absolute atomic E-state index is 12.1. The minimum atomic E-state index is -4.75. The number of amides is 2. The van der Waals surface area contributed by atoms with E-state index in [9.17, 15) is 18.0 Å². The third-order valence-corrected chi connectivity index (χ3v) is 4.15. The summed E-state index contributed by atoms with van der Waals surface area (Å²) in [5, 5.41) is 8.29. The maximum atomic E-state index is 12.1. The number of ether oxygens (including phenoxy) is 1. The second-order valence-electron chi connectivity index (χ2n) is 6.34. The molecule has 0 spiro atoms. The summed E-state index contributed by atoms with van der Waals surface area (Å²) in [4.78, 5) is 22.5. The minimum absolute atomic E-state index is 0.324. The van der Waals surface area contributed by atoms with Crippen LogP contribution in [0.5, 0.6) is 5.75 Å². The Morgan fingerprint density at radius 3 is 2.52 bits per heavy atom. The van der Waals surface area contributed by atoms with Crippen molar-refractivity contribution in [3.05, 3.63) is 36.7 Å². The summed E-state index contributed by atoms with van der Waals surface area (Å²) in [6, 6.07) is 6.28. The van der Waals surface area contributed by atoms with Crippen LogP contribution in [0.2, 0.25) is 0 Å². The number of hydrogen-bond acceptors (Lipinski definition) is 6. The minimum Gasteiger partial charge on any atom is -0.406 e. The molecule has 11 heteroatoms.